The average Bonchev–Trinajstić information content (AvgIpc) is 3.63. The van der Waals surface area contributed by atoms with Gasteiger partial charge in [-0.05, 0) is 73.2 Å². The summed E-state index contributed by atoms with van der Waals surface area (Å²) in [6, 6.07) is 12.7. The van der Waals surface area contributed by atoms with Crippen LogP contribution in [-0.4, -0.2) is 46.7 Å². The van der Waals surface area contributed by atoms with Gasteiger partial charge in [-0.15, -0.1) is 6.42 Å². The first-order chi connectivity index (χ1) is 21.7. The number of hydrogen-bond donors (Lipinski definition) is 3. The Kier molecular flexibility index (Phi) is 9.91. The minimum Gasteiger partial charge on any atom is -0.443 e. The molecule has 0 bridgehead atoms. The molecule has 0 radical (unpaired) electrons. The van der Waals surface area contributed by atoms with E-state index in [0.29, 0.717) is 11.5 Å². The molecule has 45 heavy (non-hydrogen) atoms. The van der Waals surface area contributed by atoms with Crippen molar-refractivity contribution in [2.45, 2.75) is 57.2 Å². The lowest BCUT2D eigenvalue weighted by Crippen LogP contribution is -2.44. The molecule has 4 aromatic rings. The molecule has 1 saturated carbocycles. The highest BCUT2D eigenvalue weighted by molar-refractivity contribution is 5.96. The summed E-state index contributed by atoms with van der Waals surface area (Å²) in [4.78, 5) is 24.9. The van der Waals surface area contributed by atoms with Crippen LogP contribution in [0.3, 0.4) is 0 Å². The van der Waals surface area contributed by atoms with Gasteiger partial charge in [0.25, 0.3) is 5.91 Å². The molecule has 2 aromatic heterocycles. The van der Waals surface area contributed by atoms with Crippen LogP contribution in [0.1, 0.15) is 72.6 Å². The van der Waals surface area contributed by atoms with Crippen LogP contribution in [0.4, 0.5) is 14.6 Å². The van der Waals surface area contributed by atoms with Crippen LogP contribution in [-0.2, 0) is 5.54 Å². The van der Waals surface area contributed by atoms with Crippen LogP contribution in [0, 0.1) is 24.0 Å². The van der Waals surface area contributed by atoms with Crippen LogP contribution in [0.2, 0.25) is 0 Å². The highest BCUT2D eigenvalue weighted by atomic mass is 19.1. The Bertz CT molecular complexity index is 1640. The number of rotatable bonds is 14. The van der Waals surface area contributed by atoms with Crippen LogP contribution in [0.15, 0.2) is 71.5 Å². The zero-order valence-corrected chi connectivity index (χ0v) is 25.4. The Labute approximate surface area is 261 Å². The van der Waals surface area contributed by atoms with E-state index in [1.165, 1.54) is 12.5 Å². The molecule has 1 fully saturated rings. The zero-order chi connectivity index (χ0) is 32.0. The van der Waals surface area contributed by atoms with Crippen LogP contribution >= 0.6 is 0 Å². The molecule has 1 aliphatic rings. The first-order valence-corrected chi connectivity index (χ1v) is 15.2. The number of carbonyl (C=O) groups excluding carboxylic acids is 1. The summed E-state index contributed by atoms with van der Waals surface area (Å²) in [5, 5.41) is 17.7. The lowest BCUT2D eigenvalue weighted by Gasteiger charge is -2.28. The molecule has 2 aromatic carbocycles. The molecule has 1 aliphatic carbocycles. The van der Waals surface area contributed by atoms with Gasteiger partial charge in [0.1, 0.15) is 29.4 Å². The van der Waals surface area contributed by atoms with E-state index in [9.17, 15) is 18.7 Å². The van der Waals surface area contributed by atoms with Gasteiger partial charge in [-0.2, -0.15) is 0 Å². The number of pyridine rings is 1. The maximum atomic E-state index is 14.4. The number of amides is 1. The zero-order valence-electron chi connectivity index (χ0n) is 25.4. The maximum absolute atomic E-state index is 14.4. The van der Waals surface area contributed by atoms with E-state index in [1.807, 2.05) is 24.3 Å². The van der Waals surface area contributed by atoms with Crippen molar-refractivity contribution in [1.29, 1.82) is 0 Å². The number of nitrogens with zero attached hydrogens (tertiary/aromatic N) is 3. The Morgan fingerprint density at radius 2 is 1.84 bits per heavy atom. The van der Waals surface area contributed by atoms with E-state index in [0.717, 1.165) is 68.1 Å². The summed E-state index contributed by atoms with van der Waals surface area (Å²) in [5.41, 5.74) is 2.05. The quantitative estimate of drug-likeness (QED) is 0.156. The van der Waals surface area contributed by atoms with E-state index in [4.69, 9.17) is 15.8 Å². The fraction of sp³-hybridized carbons (Fsp3) is 0.343. The van der Waals surface area contributed by atoms with Crippen molar-refractivity contribution < 1.29 is 23.1 Å². The van der Waals surface area contributed by atoms with Crippen LogP contribution in [0.25, 0.3) is 11.6 Å². The summed E-state index contributed by atoms with van der Waals surface area (Å²) in [7, 11) is 0. The first kappa shape index (κ1) is 31.8. The third-order valence-corrected chi connectivity index (χ3v) is 7.93. The molecule has 8 nitrogen and oxygen atoms in total. The molecular formula is C35H37F2N5O3. The summed E-state index contributed by atoms with van der Waals surface area (Å²) in [6.07, 6.45) is 10.7. The number of benzene rings is 2. The maximum Gasteiger partial charge on any atom is 0.252 e. The number of aliphatic hydroxyl groups excluding tert-OH is 1. The Balaban J connectivity index is 1.44. The smallest absolute Gasteiger partial charge is 0.252 e. The largest absolute Gasteiger partial charge is 0.443 e. The van der Waals surface area contributed by atoms with Crippen molar-refractivity contribution in [3.05, 3.63) is 101 Å². The van der Waals surface area contributed by atoms with Crippen molar-refractivity contribution in [2.24, 2.45) is 0 Å². The van der Waals surface area contributed by atoms with Crippen LogP contribution in [0.5, 0.6) is 0 Å². The monoisotopic (exact) mass is 613 g/mol. The number of hydrogen-bond acceptors (Lipinski definition) is 7. The van der Waals surface area contributed by atoms with Gasteiger partial charge in [-0.25, -0.2) is 18.7 Å². The number of oxazole rings is 1. The number of terminal acetylenes is 1. The van der Waals surface area contributed by atoms with Gasteiger partial charge in [-0.3, -0.25) is 4.79 Å². The van der Waals surface area contributed by atoms with Crippen LogP contribution < -0.4 is 15.5 Å². The minimum atomic E-state index is -1.24. The predicted octanol–water partition coefficient (Wildman–Crippen LogP) is 5.73. The molecule has 234 valence electrons. The van der Waals surface area contributed by atoms with E-state index in [1.54, 1.807) is 12.1 Å². The van der Waals surface area contributed by atoms with Gasteiger partial charge >= 0.3 is 0 Å². The summed E-state index contributed by atoms with van der Waals surface area (Å²) < 4.78 is 34.3. The highest BCUT2D eigenvalue weighted by Crippen LogP contribution is 2.45. The van der Waals surface area contributed by atoms with Gasteiger partial charge in [0.15, 0.2) is 0 Å². The molecule has 10 heteroatoms. The number of nitrogens with one attached hydrogen (secondary N) is 2. The molecule has 0 saturated heterocycles. The Morgan fingerprint density at radius 1 is 1.11 bits per heavy atom. The van der Waals surface area contributed by atoms with Gasteiger partial charge in [0.05, 0.1) is 18.3 Å². The minimum absolute atomic E-state index is 0.0350. The normalized spacial score (nSPS) is 14.8. The van der Waals surface area contributed by atoms with Gasteiger partial charge in [0.2, 0.25) is 5.89 Å². The number of aliphatic hydroxyl groups is 1. The third kappa shape index (κ3) is 7.56. The fourth-order valence-corrected chi connectivity index (χ4v) is 5.55. The second-order valence-corrected chi connectivity index (χ2v) is 11.3. The summed E-state index contributed by atoms with van der Waals surface area (Å²) in [5.74, 6) is 1.26. The number of aromatic nitrogens is 2. The topological polar surface area (TPSA) is 104 Å². The molecule has 5 rings (SSSR count). The molecule has 2 heterocycles. The fourth-order valence-electron chi connectivity index (χ4n) is 5.55. The Hall–Kier alpha value is -4.59. The van der Waals surface area contributed by atoms with E-state index < -0.39 is 29.7 Å². The predicted molar refractivity (Wildman–Crippen MR) is 168 cm³/mol. The standard InChI is InChI=1S/C35H37F2N5O3/c1-4-13-42(14-5-2)31-20-25(19-29(40-31)34-38-12-15-45-34)33(44)41-32(24-17-27(36)21-28(37)18-24)30(43)22-39-35(10-11-35)26-9-7-8-23(6-3)16-26/h3,7-9,12,15-21,30,32,39,43H,4-5,10-11,13-14,22H2,1-2H3,(H,41,44)/t30-,32+/m1/s1. The summed E-state index contributed by atoms with van der Waals surface area (Å²) >= 11 is 0. The second kappa shape index (κ2) is 14.0. The second-order valence-electron chi connectivity index (χ2n) is 11.3. The van der Waals surface area contributed by atoms with Gasteiger partial charge in [0, 0.05) is 42.4 Å². The SMILES string of the molecule is C#Cc1cccc(C2(NC[C@@H](O)[C@@H](NC(=O)c3cc(-c4ncco4)nc(N(CCC)CCC)c3)c3cc(F)cc(F)c3)CC2)c1. The molecule has 0 spiro atoms. The van der Waals surface area contributed by atoms with Crippen molar-refractivity contribution in [3.8, 4) is 23.9 Å². The first-order valence-electron chi connectivity index (χ1n) is 15.2. The molecule has 0 unspecified atom stereocenters. The molecule has 1 amide bonds. The van der Waals surface area contributed by atoms with Crippen molar-refractivity contribution in [3.63, 3.8) is 0 Å². The number of halogens is 2. The summed E-state index contributed by atoms with van der Waals surface area (Å²) in [6.45, 7) is 5.60. The van der Waals surface area contributed by atoms with Crippen molar-refractivity contribution in [1.82, 2.24) is 20.6 Å². The number of anilines is 1. The molecular weight excluding hydrogens is 576 g/mol. The Morgan fingerprint density at radius 3 is 2.47 bits per heavy atom. The highest BCUT2D eigenvalue weighted by Gasteiger charge is 2.44. The molecule has 3 N–H and O–H groups in total. The lowest BCUT2D eigenvalue weighted by atomic mass is 9.98. The van der Waals surface area contributed by atoms with Crippen molar-refractivity contribution in [2.75, 3.05) is 24.5 Å². The molecule has 2 atom stereocenters. The third-order valence-electron chi connectivity index (χ3n) is 7.93. The van der Waals surface area contributed by atoms with E-state index in [-0.39, 0.29) is 29.1 Å². The lowest BCUT2D eigenvalue weighted by molar-refractivity contribution is 0.0820. The van der Waals surface area contributed by atoms with Crippen molar-refractivity contribution >= 4 is 11.7 Å². The van der Waals surface area contributed by atoms with E-state index >= 15 is 0 Å². The number of carbonyl (C=O) groups is 1. The van der Waals surface area contributed by atoms with E-state index in [2.05, 4.69) is 40.3 Å². The molecule has 0 aliphatic heterocycles. The van der Waals surface area contributed by atoms with Gasteiger partial charge in [-0.1, -0.05) is 31.9 Å². The average molecular weight is 614 g/mol. The van der Waals surface area contributed by atoms with Gasteiger partial charge < -0.3 is 25.1 Å².